The van der Waals surface area contributed by atoms with Gasteiger partial charge in [-0.25, -0.2) is 4.79 Å². The standard InChI is InChI=1S/C20H26N2O5/c1-12(21-19(25)27-20(2,3)4)13(9-14-11-26-14)10-22-17(23)15-7-5-6-8-16(15)18(22)24/h5-8,12-14H,9-11H2,1-4H3,(H,21,25)/t12-,13+,14?/m1/s1. The van der Waals surface area contributed by atoms with Gasteiger partial charge in [-0.2, -0.15) is 0 Å². The molecule has 0 spiro atoms. The number of epoxide rings is 1. The van der Waals surface area contributed by atoms with E-state index in [1.807, 2.05) is 6.92 Å². The summed E-state index contributed by atoms with van der Waals surface area (Å²) >= 11 is 0. The minimum absolute atomic E-state index is 0.105. The highest BCUT2D eigenvalue weighted by atomic mass is 16.6. The average Bonchev–Trinajstić information content (AvgIpc) is 3.35. The van der Waals surface area contributed by atoms with Gasteiger partial charge in [0, 0.05) is 12.6 Å². The van der Waals surface area contributed by atoms with Gasteiger partial charge in [0.05, 0.1) is 23.8 Å². The van der Waals surface area contributed by atoms with Gasteiger partial charge < -0.3 is 14.8 Å². The molecule has 1 aromatic carbocycles. The van der Waals surface area contributed by atoms with E-state index < -0.39 is 11.7 Å². The summed E-state index contributed by atoms with van der Waals surface area (Å²) in [6, 6.07) is 6.53. The lowest BCUT2D eigenvalue weighted by atomic mass is 9.95. The maximum Gasteiger partial charge on any atom is 0.407 e. The molecular formula is C20H26N2O5. The molecule has 0 aromatic heterocycles. The second-order valence-electron chi connectivity index (χ2n) is 8.15. The lowest BCUT2D eigenvalue weighted by Crippen LogP contribution is -2.46. The van der Waals surface area contributed by atoms with Gasteiger partial charge in [0.1, 0.15) is 5.60 Å². The number of hydrogen-bond donors (Lipinski definition) is 1. The van der Waals surface area contributed by atoms with Crippen LogP contribution in [0.1, 0.15) is 54.8 Å². The molecule has 1 aromatic rings. The number of benzene rings is 1. The number of nitrogens with one attached hydrogen (secondary N) is 1. The summed E-state index contributed by atoms with van der Waals surface area (Å²) in [6.07, 6.45) is 0.247. The molecule has 3 amide bonds. The molecule has 1 unspecified atom stereocenters. The molecule has 146 valence electrons. The number of carbonyl (C=O) groups is 3. The quantitative estimate of drug-likeness (QED) is 0.611. The van der Waals surface area contributed by atoms with Gasteiger partial charge in [0.25, 0.3) is 11.8 Å². The van der Waals surface area contributed by atoms with Crippen LogP contribution in [0, 0.1) is 5.92 Å². The smallest absolute Gasteiger partial charge is 0.407 e. The normalized spacial score (nSPS) is 20.9. The van der Waals surface area contributed by atoms with Gasteiger partial charge in [0.2, 0.25) is 0 Å². The lowest BCUT2D eigenvalue weighted by molar-refractivity contribution is 0.0475. The van der Waals surface area contributed by atoms with Crippen LogP contribution >= 0.6 is 0 Å². The lowest BCUT2D eigenvalue weighted by Gasteiger charge is -2.29. The zero-order valence-corrected chi connectivity index (χ0v) is 16.2. The fourth-order valence-electron chi connectivity index (χ4n) is 3.23. The van der Waals surface area contributed by atoms with Gasteiger partial charge in [-0.1, -0.05) is 12.1 Å². The predicted octanol–water partition coefficient (Wildman–Crippen LogP) is 2.60. The van der Waals surface area contributed by atoms with Crippen LogP contribution in [0.15, 0.2) is 24.3 Å². The van der Waals surface area contributed by atoms with Crippen LogP contribution < -0.4 is 5.32 Å². The third-order valence-electron chi connectivity index (χ3n) is 4.71. The molecule has 2 aliphatic heterocycles. The Morgan fingerprint density at radius 2 is 1.81 bits per heavy atom. The van der Waals surface area contributed by atoms with Crippen LogP contribution in [0.25, 0.3) is 0 Å². The molecule has 7 heteroatoms. The van der Waals surface area contributed by atoms with E-state index in [1.54, 1.807) is 45.0 Å². The third kappa shape index (κ3) is 4.66. The second-order valence-corrected chi connectivity index (χ2v) is 8.15. The first-order valence-corrected chi connectivity index (χ1v) is 9.22. The zero-order valence-electron chi connectivity index (χ0n) is 16.2. The summed E-state index contributed by atoms with van der Waals surface area (Å²) < 4.78 is 10.6. The summed E-state index contributed by atoms with van der Waals surface area (Å²) in [7, 11) is 0. The Morgan fingerprint density at radius 1 is 1.26 bits per heavy atom. The van der Waals surface area contributed by atoms with Gasteiger partial charge in [-0.05, 0) is 52.2 Å². The van der Waals surface area contributed by atoms with Crippen molar-refractivity contribution in [2.75, 3.05) is 13.2 Å². The van der Waals surface area contributed by atoms with Crippen molar-refractivity contribution in [3.8, 4) is 0 Å². The number of rotatable bonds is 6. The van der Waals surface area contributed by atoms with Crippen molar-refractivity contribution in [2.24, 2.45) is 5.92 Å². The van der Waals surface area contributed by atoms with E-state index in [-0.39, 0.29) is 36.4 Å². The highest BCUT2D eigenvalue weighted by Crippen LogP contribution is 2.28. The molecule has 1 saturated heterocycles. The number of imide groups is 1. The Morgan fingerprint density at radius 3 is 2.30 bits per heavy atom. The van der Waals surface area contributed by atoms with Crippen molar-refractivity contribution < 1.29 is 23.9 Å². The number of ether oxygens (including phenoxy) is 2. The fourth-order valence-corrected chi connectivity index (χ4v) is 3.23. The minimum atomic E-state index is -0.596. The maximum absolute atomic E-state index is 12.6. The average molecular weight is 374 g/mol. The van der Waals surface area contributed by atoms with Gasteiger partial charge >= 0.3 is 6.09 Å². The topological polar surface area (TPSA) is 88.2 Å². The van der Waals surface area contributed by atoms with E-state index in [0.717, 1.165) is 0 Å². The van der Waals surface area contributed by atoms with E-state index >= 15 is 0 Å². The van der Waals surface area contributed by atoms with Crippen LogP contribution in [-0.4, -0.2) is 53.7 Å². The summed E-state index contributed by atoms with van der Waals surface area (Å²) in [5, 5.41) is 2.83. The third-order valence-corrected chi connectivity index (χ3v) is 4.71. The van der Waals surface area contributed by atoms with E-state index in [0.29, 0.717) is 24.2 Å². The summed E-state index contributed by atoms with van der Waals surface area (Å²) in [6.45, 7) is 8.14. The van der Waals surface area contributed by atoms with E-state index in [2.05, 4.69) is 5.32 Å². The predicted molar refractivity (Wildman–Crippen MR) is 98.5 cm³/mol. The molecule has 7 nitrogen and oxygen atoms in total. The minimum Gasteiger partial charge on any atom is -0.444 e. The van der Waals surface area contributed by atoms with Crippen molar-refractivity contribution in [2.45, 2.75) is 51.9 Å². The van der Waals surface area contributed by atoms with Crippen LogP contribution in [0.4, 0.5) is 4.79 Å². The number of carbonyl (C=O) groups excluding carboxylic acids is 3. The van der Waals surface area contributed by atoms with Crippen LogP contribution in [0.2, 0.25) is 0 Å². The molecule has 3 rings (SSSR count). The number of hydrogen-bond acceptors (Lipinski definition) is 5. The van der Waals surface area contributed by atoms with Gasteiger partial charge in [-0.15, -0.1) is 0 Å². The Labute approximate surface area is 159 Å². The SMILES string of the molecule is C[C@@H](NC(=O)OC(C)(C)C)[C@@H](CC1CO1)CN1C(=O)c2ccccc2C1=O. The highest BCUT2D eigenvalue weighted by Gasteiger charge is 2.39. The van der Waals surface area contributed by atoms with Crippen LogP contribution in [-0.2, 0) is 9.47 Å². The van der Waals surface area contributed by atoms with Gasteiger partial charge in [-0.3, -0.25) is 14.5 Å². The zero-order chi connectivity index (χ0) is 19.8. The molecule has 0 bridgehead atoms. The first kappa shape index (κ1) is 19.4. The number of amides is 3. The highest BCUT2D eigenvalue weighted by molar-refractivity contribution is 6.21. The molecule has 0 aliphatic carbocycles. The second kappa shape index (κ2) is 7.31. The Balaban J connectivity index is 1.69. The van der Waals surface area contributed by atoms with Crippen LogP contribution in [0.5, 0.6) is 0 Å². The molecule has 2 aliphatic rings. The Kier molecular flexibility index (Phi) is 5.24. The maximum atomic E-state index is 12.6. The van der Waals surface area contributed by atoms with Crippen molar-refractivity contribution >= 4 is 17.9 Å². The number of alkyl carbamates (subject to hydrolysis) is 1. The Bertz CT molecular complexity index is 716. The van der Waals surface area contributed by atoms with Gasteiger partial charge in [0.15, 0.2) is 0 Å². The van der Waals surface area contributed by atoms with Crippen molar-refractivity contribution in [1.29, 1.82) is 0 Å². The molecule has 0 radical (unpaired) electrons. The van der Waals surface area contributed by atoms with Crippen molar-refractivity contribution in [3.63, 3.8) is 0 Å². The fraction of sp³-hybridized carbons (Fsp3) is 0.550. The van der Waals surface area contributed by atoms with Crippen molar-refractivity contribution in [1.82, 2.24) is 10.2 Å². The molecule has 0 saturated carbocycles. The molecule has 27 heavy (non-hydrogen) atoms. The summed E-state index contributed by atoms with van der Waals surface area (Å²) in [5.74, 6) is -0.712. The van der Waals surface area contributed by atoms with E-state index in [4.69, 9.17) is 9.47 Å². The van der Waals surface area contributed by atoms with E-state index in [9.17, 15) is 14.4 Å². The molecule has 1 N–H and O–H groups in total. The molecule has 1 fully saturated rings. The summed E-state index contributed by atoms with van der Waals surface area (Å²) in [5.41, 5.74) is 0.259. The molecule has 3 atom stereocenters. The Hall–Kier alpha value is -2.41. The monoisotopic (exact) mass is 374 g/mol. The first-order valence-electron chi connectivity index (χ1n) is 9.22. The largest absolute Gasteiger partial charge is 0.444 e. The van der Waals surface area contributed by atoms with Crippen molar-refractivity contribution in [3.05, 3.63) is 35.4 Å². The first-order chi connectivity index (χ1) is 12.7. The summed E-state index contributed by atoms with van der Waals surface area (Å²) in [4.78, 5) is 38.7. The van der Waals surface area contributed by atoms with Crippen LogP contribution in [0.3, 0.4) is 0 Å². The molecule has 2 heterocycles. The number of fused-ring (bicyclic) bond motifs is 1. The number of nitrogens with zero attached hydrogens (tertiary/aromatic N) is 1. The van der Waals surface area contributed by atoms with E-state index in [1.165, 1.54) is 4.90 Å². The molecular weight excluding hydrogens is 348 g/mol.